The molecule has 34 heavy (non-hydrogen) atoms. The maximum absolute atomic E-state index is 13.4. The van der Waals surface area contributed by atoms with Crippen LogP contribution in [0, 0.1) is 11.7 Å². The van der Waals surface area contributed by atoms with E-state index in [1.54, 1.807) is 6.92 Å². The molecule has 0 heterocycles. The minimum absolute atomic E-state index is 0.0183. The summed E-state index contributed by atoms with van der Waals surface area (Å²) in [7, 11) is -3.94. The van der Waals surface area contributed by atoms with Crippen LogP contribution in [0.3, 0.4) is 0 Å². The number of anilines is 1. The average molecular weight is 532 g/mol. The highest BCUT2D eigenvalue weighted by molar-refractivity contribution is 7.92. The zero-order chi connectivity index (χ0) is 25.6. The number of hydrogen-bond donors (Lipinski definition) is 1. The van der Waals surface area contributed by atoms with Crippen molar-refractivity contribution >= 4 is 50.7 Å². The van der Waals surface area contributed by atoms with Crippen LogP contribution in [-0.4, -0.2) is 50.5 Å². The second-order valence-electron chi connectivity index (χ2n) is 8.31. The lowest BCUT2D eigenvalue weighted by Gasteiger charge is -2.32. The number of hydrogen-bond acceptors (Lipinski definition) is 4. The highest BCUT2D eigenvalue weighted by atomic mass is 35.5. The minimum Gasteiger partial charge on any atom is -0.354 e. The molecule has 0 saturated heterocycles. The van der Waals surface area contributed by atoms with Gasteiger partial charge in [0.05, 0.1) is 22.0 Å². The number of rotatable bonds is 10. The van der Waals surface area contributed by atoms with Gasteiger partial charge in [-0.15, -0.1) is 0 Å². The topological polar surface area (TPSA) is 86.8 Å². The standard InChI is InChI=1S/C23H28Cl2FN3O4S/c1-15(2)12-27-23(31)16(3)28(13-17-8-10-18(26)11-9-17)21(30)14-29(34(4,32)33)20-7-5-6-19(24)22(20)25/h5-11,15-16H,12-14H2,1-4H3,(H,27,31). The number of benzene rings is 2. The second-order valence-corrected chi connectivity index (χ2v) is 11.0. The van der Waals surface area contributed by atoms with Gasteiger partial charge < -0.3 is 10.2 Å². The van der Waals surface area contributed by atoms with Gasteiger partial charge in [0.2, 0.25) is 21.8 Å². The summed E-state index contributed by atoms with van der Waals surface area (Å²) in [5, 5.41) is 2.89. The first-order valence-electron chi connectivity index (χ1n) is 10.5. The smallest absolute Gasteiger partial charge is 0.244 e. The van der Waals surface area contributed by atoms with Crippen molar-refractivity contribution in [3.63, 3.8) is 0 Å². The maximum atomic E-state index is 13.4. The number of sulfonamides is 1. The normalized spacial score (nSPS) is 12.4. The van der Waals surface area contributed by atoms with Crippen LogP contribution in [0.5, 0.6) is 0 Å². The van der Waals surface area contributed by atoms with Crippen LogP contribution in [0.25, 0.3) is 0 Å². The first-order valence-corrected chi connectivity index (χ1v) is 13.1. The van der Waals surface area contributed by atoms with E-state index >= 15 is 0 Å². The van der Waals surface area contributed by atoms with Crippen LogP contribution >= 0.6 is 23.2 Å². The Labute approximate surface area is 209 Å². The molecular formula is C23H28Cl2FN3O4S. The van der Waals surface area contributed by atoms with Crippen molar-refractivity contribution in [3.05, 3.63) is 63.9 Å². The van der Waals surface area contributed by atoms with Crippen molar-refractivity contribution in [2.45, 2.75) is 33.4 Å². The molecule has 0 fully saturated rings. The van der Waals surface area contributed by atoms with E-state index in [0.717, 1.165) is 10.6 Å². The summed E-state index contributed by atoms with van der Waals surface area (Å²) in [6.07, 6.45) is 0.945. The van der Waals surface area contributed by atoms with E-state index in [4.69, 9.17) is 23.2 Å². The number of halogens is 3. The third-order valence-corrected chi connectivity index (χ3v) is 6.93. The van der Waals surface area contributed by atoms with Crippen LogP contribution in [0.2, 0.25) is 10.0 Å². The van der Waals surface area contributed by atoms with Gasteiger partial charge in [0, 0.05) is 13.1 Å². The summed E-state index contributed by atoms with van der Waals surface area (Å²) >= 11 is 12.3. The highest BCUT2D eigenvalue weighted by Gasteiger charge is 2.31. The number of amides is 2. The van der Waals surface area contributed by atoms with Gasteiger partial charge >= 0.3 is 0 Å². The molecule has 0 saturated carbocycles. The molecule has 0 bridgehead atoms. The van der Waals surface area contributed by atoms with Crippen LogP contribution in [0.15, 0.2) is 42.5 Å². The maximum Gasteiger partial charge on any atom is 0.244 e. The fourth-order valence-electron chi connectivity index (χ4n) is 3.10. The Hall–Kier alpha value is -2.36. The van der Waals surface area contributed by atoms with Crippen molar-refractivity contribution in [1.82, 2.24) is 10.2 Å². The molecule has 7 nitrogen and oxygen atoms in total. The van der Waals surface area contributed by atoms with Gasteiger partial charge in [-0.3, -0.25) is 13.9 Å². The van der Waals surface area contributed by atoms with Gasteiger partial charge in [-0.05, 0) is 42.7 Å². The molecule has 0 aromatic heterocycles. The average Bonchev–Trinajstić information content (AvgIpc) is 2.76. The SMILES string of the molecule is CC(C)CNC(=O)C(C)N(Cc1ccc(F)cc1)C(=O)CN(c1cccc(Cl)c1Cl)S(C)(=O)=O. The van der Waals surface area contributed by atoms with Crippen molar-refractivity contribution in [3.8, 4) is 0 Å². The summed E-state index contributed by atoms with van der Waals surface area (Å²) in [5.74, 6) is -1.28. The monoisotopic (exact) mass is 531 g/mol. The van der Waals surface area contributed by atoms with E-state index < -0.39 is 40.2 Å². The Balaban J connectivity index is 2.40. The van der Waals surface area contributed by atoms with E-state index in [-0.39, 0.29) is 28.2 Å². The van der Waals surface area contributed by atoms with Crippen molar-refractivity contribution < 1.29 is 22.4 Å². The zero-order valence-corrected chi connectivity index (χ0v) is 21.7. The van der Waals surface area contributed by atoms with E-state index in [9.17, 15) is 22.4 Å². The summed E-state index contributed by atoms with van der Waals surface area (Å²) in [4.78, 5) is 27.4. The zero-order valence-electron chi connectivity index (χ0n) is 19.4. The number of carbonyl (C=O) groups excluding carboxylic acids is 2. The predicted octanol–water partition coefficient (Wildman–Crippen LogP) is 4.09. The van der Waals surface area contributed by atoms with Gasteiger partial charge in [-0.25, -0.2) is 12.8 Å². The lowest BCUT2D eigenvalue weighted by Crippen LogP contribution is -2.51. The molecule has 186 valence electrons. The van der Waals surface area contributed by atoms with E-state index in [0.29, 0.717) is 12.1 Å². The molecule has 0 aliphatic rings. The quantitative estimate of drug-likeness (QED) is 0.500. The van der Waals surface area contributed by atoms with Gasteiger partial charge in [-0.2, -0.15) is 0 Å². The molecule has 0 aliphatic heterocycles. The van der Waals surface area contributed by atoms with Gasteiger partial charge in [0.15, 0.2) is 0 Å². The molecular weight excluding hydrogens is 504 g/mol. The van der Waals surface area contributed by atoms with Gasteiger partial charge in [-0.1, -0.05) is 55.2 Å². The summed E-state index contributed by atoms with van der Waals surface area (Å²) in [6, 6.07) is 9.01. The molecule has 1 N–H and O–H groups in total. The molecule has 2 aromatic rings. The molecule has 2 rings (SSSR count). The molecule has 1 atom stereocenters. The minimum atomic E-state index is -3.94. The van der Waals surface area contributed by atoms with Crippen LogP contribution < -0.4 is 9.62 Å². The molecule has 2 amide bonds. The largest absolute Gasteiger partial charge is 0.354 e. The predicted molar refractivity (Wildman–Crippen MR) is 133 cm³/mol. The lowest BCUT2D eigenvalue weighted by atomic mass is 10.1. The van der Waals surface area contributed by atoms with Crippen LogP contribution in [0.4, 0.5) is 10.1 Å². The van der Waals surface area contributed by atoms with E-state index in [1.807, 2.05) is 13.8 Å². The fourth-order valence-corrected chi connectivity index (χ4v) is 4.40. The molecule has 2 aromatic carbocycles. The third kappa shape index (κ3) is 7.58. The Bertz CT molecular complexity index is 1130. The van der Waals surface area contributed by atoms with Gasteiger partial charge in [0.1, 0.15) is 18.4 Å². The van der Waals surface area contributed by atoms with Crippen molar-refractivity contribution in [2.24, 2.45) is 5.92 Å². The Morgan fingerprint density at radius 2 is 1.68 bits per heavy atom. The molecule has 0 aliphatic carbocycles. The number of nitrogens with one attached hydrogen (secondary N) is 1. The molecule has 1 unspecified atom stereocenters. The summed E-state index contributed by atoms with van der Waals surface area (Å²) in [5.41, 5.74) is 0.619. The van der Waals surface area contributed by atoms with Crippen LogP contribution in [0.1, 0.15) is 26.3 Å². The first kappa shape index (κ1) is 27.9. The molecule has 11 heteroatoms. The number of nitrogens with zero attached hydrogens (tertiary/aromatic N) is 2. The van der Waals surface area contributed by atoms with E-state index in [1.165, 1.54) is 47.4 Å². The molecule has 0 spiro atoms. The summed E-state index contributed by atoms with van der Waals surface area (Å²) < 4.78 is 39.3. The lowest BCUT2D eigenvalue weighted by molar-refractivity contribution is -0.139. The third-order valence-electron chi connectivity index (χ3n) is 5.00. The highest BCUT2D eigenvalue weighted by Crippen LogP contribution is 2.33. The summed E-state index contributed by atoms with van der Waals surface area (Å²) in [6.45, 7) is 5.19. The first-order chi connectivity index (χ1) is 15.8. The van der Waals surface area contributed by atoms with Gasteiger partial charge in [0.25, 0.3) is 0 Å². The van der Waals surface area contributed by atoms with E-state index in [2.05, 4.69) is 5.32 Å². The van der Waals surface area contributed by atoms with Crippen molar-refractivity contribution in [2.75, 3.05) is 23.7 Å². The Morgan fingerprint density at radius 3 is 2.24 bits per heavy atom. The van der Waals surface area contributed by atoms with Crippen molar-refractivity contribution in [1.29, 1.82) is 0 Å². The van der Waals surface area contributed by atoms with Crippen LogP contribution in [-0.2, 0) is 26.2 Å². The second kappa shape index (κ2) is 11.9. The Kier molecular flexibility index (Phi) is 9.73. The molecule has 0 radical (unpaired) electrons. The number of carbonyl (C=O) groups is 2. The fraction of sp³-hybridized carbons (Fsp3) is 0.391. The Morgan fingerprint density at radius 1 is 1.06 bits per heavy atom.